The molecule has 3 heterocycles. The molecule has 1 aliphatic heterocycles. The van der Waals surface area contributed by atoms with E-state index in [-0.39, 0.29) is 6.29 Å². The predicted octanol–water partition coefficient (Wildman–Crippen LogP) is 3.52. The Bertz CT molecular complexity index is 858. The number of hydrogen-bond acceptors (Lipinski definition) is 5. The molecular formula is C20H21N3O3. The highest BCUT2D eigenvalue weighted by Gasteiger charge is 2.19. The van der Waals surface area contributed by atoms with Crippen LogP contribution in [0.4, 0.5) is 0 Å². The first-order valence-corrected chi connectivity index (χ1v) is 8.71. The van der Waals surface area contributed by atoms with E-state index in [1.807, 2.05) is 47.3 Å². The van der Waals surface area contributed by atoms with E-state index >= 15 is 0 Å². The number of pyridine rings is 1. The molecule has 0 aliphatic carbocycles. The number of hydrogen-bond donors (Lipinski definition) is 0. The van der Waals surface area contributed by atoms with Gasteiger partial charge in [0.1, 0.15) is 0 Å². The van der Waals surface area contributed by atoms with Crippen molar-refractivity contribution >= 4 is 0 Å². The maximum atomic E-state index is 5.97. The van der Waals surface area contributed by atoms with Gasteiger partial charge in [0.2, 0.25) is 0 Å². The molecule has 1 saturated heterocycles. The molecule has 1 aliphatic rings. The van der Waals surface area contributed by atoms with Gasteiger partial charge in [-0.2, -0.15) is 5.10 Å². The Balaban J connectivity index is 1.55. The molecule has 0 saturated carbocycles. The van der Waals surface area contributed by atoms with Crippen molar-refractivity contribution in [3.05, 3.63) is 60.6 Å². The SMILES string of the molecule is COc1ccc(-c2ccn(Cc3ccncc3)n2)cc1O[C@H]1CCCO1. The van der Waals surface area contributed by atoms with Crippen molar-refractivity contribution in [2.45, 2.75) is 25.7 Å². The molecule has 0 bridgehead atoms. The fourth-order valence-electron chi connectivity index (χ4n) is 2.99. The van der Waals surface area contributed by atoms with E-state index < -0.39 is 0 Å². The maximum absolute atomic E-state index is 5.97. The van der Waals surface area contributed by atoms with Gasteiger partial charge >= 0.3 is 0 Å². The first-order chi connectivity index (χ1) is 12.8. The van der Waals surface area contributed by atoms with Gasteiger partial charge in [-0.15, -0.1) is 0 Å². The highest BCUT2D eigenvalue weighted by atomic mass is 16.7. The van der Waals surface area contributed by atoms with Gasteiger partial charge < -0.3 is 14.2 Å². The lowest BCUT2D eigenvalue weighted by atomic mass is 10.1. The average molecular weight is 351 g/mol. The number of aromatic nitrogens is 3. The molecule has 0 amide bonds. The standard InChI is InChI=1S/C20H21N3O3/c1-24-18-5-4-16(13-19(18)26-20-3-2-12-25-20)17-8-11-23(22-17)14-15-6-9-21-10-7-15/h4-11,13,20H,2-3,12,14H2,1H3/t20-/m0/s1. The molecule has 1 atom stereocenters. The molecule has 0 N–H and O–H groups in total. The molecule has 2 aromatic heterocycles. The molecule has 0 radical (unpaired) electrons. The molecule has 6 nitrogen and oxygen atoms in total. The number of benzene rings is 1. The molecule has 1 fully saturated rings. The van der Waals surface area contributed by atoms with E-state index in [9.17, 15) is 0 Å². The van der Waals surface area contributed by atoms with Crippen LogP contribution in [0.15, 0.2) is 55.0 Å². The minimum absolute atomic E-state index is 0.205. The molecule has 1 aromatic carbocycles. The highest BCUT2D eigenvalue weighted by Crippen LogP contribution is 2.34. The predicted molar refractivity (Wildman–Crippen MR) is 97.2 cm³/mol. The van der Waals surface area contributed by atoms with Gasteiger partial charge in [-0.25, -0.2) is 0 Å². The summed E-state index contributed by atoms with van der Waals surface area (Å²) in [5.74, 6) is 1.38. The lowest BCUT2D eigenvalue weighted by Gasteiger charge is -2.16. The van der Waals surface area contributed by atoms with Gasteiger partial charge in [-0.1, -0.05) is 0 Å². The second-order valence-electron chi connectivity index (χ2n) is 6.18. The lowest BCUT2D eigenvalue weighted by Crippen LogP contribution is -2.14. The van der Waals surface area contributed by atoms with Gasteiger partial charge in [0.05, 0.1) is 26.0 Å². The van der Waals surface area contributed by atoms with Crippen molar-refractivity contribution in [1.29, 1.82) is 0 Å². The number of ether oxygens (including phenoxy) is 3. The summed E-state index contributed by atoms with van der Waals surface area (Å²) in [7, 11) is 1.64. The summed E-state index contributed by atoms with van der Waals surface area (Å²) in [6, 6.07) is 11.8. The molecule has 134 valence electrons. The molecular weight excluding hydrogens is 330 g/mol. The first kappa shape index (κ1) is 16.6. The zero-order chi connectivity index (χ0) is 17.8. The van der Waals surface area contributed by atoms with Crippen molar-refractivity contribution in [3.8, 4) is 22.8 Å². The lowest BCUT2D eigenvalue weighted by molar-refractivity contribution is -0.0402. The van der Waals surface area contributed by atoms with E-state index in [4.69, 9.17) is 14.2 Å². The monoisotopic (exact) mass is 351 g/mol. The Morgan fingerprint density at radius 1 is 1.15 bits per heavy atom. The summed E-state index contributed by atoms with van der Waals surface area (Å²) in [6.07, 6.45) is 7.26. The van der Waals surface area contributed by atoms with Crippen LogP contribution in [0.25, 0.3) is 11.3 Å². The molecule has 3 aromatic rings. The van der Waals surface area contributed by atoms with Crippen LogP contribution in [0.5, 0.6) is 11.5 Å². The van der Waals surface area contributed by atoms with E-state index in [1.54, 1.807) is 19.5 Å². The van der Waals surface area contributed by atoms with Gasteiger partial charge in [0.25, 0.3) is 0 Å². The van der Waals surface area contributed by atoms with Gasteiger partial charge in [0, 0.05) is 30.6 Å². The van der Waals surface area contributed by atoms with E-state index in [1.165, 1.54) is 0 Å². The number of methoxy groups -OCH3 is 1. The molecule has 26 heavy (non-hydrogen) atoms. The Morgan fingerprint density at radius 2 is 2.04 bits per heavy atom. The first-order valence-electron chi connectivity index (χ1n) is 8.71. The van der Waals surface area contributed by atoms with Crippen LogP contribution in [-0.2, 0) is 11.3 Å². The Hall–Kier alpha value is -2.86. The zero-order valence-electron chi connectivity index (χ0n) is 14.7. The smallest absolute Gasteiger partial charge is 0.200 e. The van der Waals surface area contributed by atoms with Crippen LogP contribution in [0, 0.1) is 0 Å². The van der Waals surface area contributed by atoms with E-state index in [0.29, 0.717) is 18.0 Å². The fraction of sp³-hybridized carbons (Fsp3) is 0.300. The Labute approximate surface area is 152 Å². The van der Waals surface area contributed by atoms with Crippen LogP contribution in [0.3, 0.4) is 0 Å². The van der Waals surface area contributed by atoms with Crippen LogP contribution in [0.2, 0.25) is 0 Å². The van der Waals surface area contributed by atoms with Crippen LogP contribution in [-0.4, -0.2) is 34.8 Å². The van der Waals surface area contributed by atoms with Crippen molar-refractivity contribution in [2.24, 2.45) is 0 Å². The third kappa shape index (κ3) is 3.70. The molecule has 0 spiro atoms. The summed E-state index contributed by atoms with van der Waals surface area (Å²) in [4.78, 5) is 4.04. The summed E-state index contributed by atoms with van der Waals surface area (Å²) in [5, 5.41) is 4.67. The summed E-state index contributed by atoms with van der Waals surface area (Å²) in [6.45, 7) is 1.45. The van der Waals surface area contributed by atoms with Gasteiger partial charge in [0.15, 0.2) is 17.8 Å². The van der Waals surface area contributed by atoms with Crippen molar-refractivity contribution in [3.63, 3.8) is 0 Å². The van der Waals surface area contributed by atoms with Crippen molar-refractivity contribution in [2.75, 3.05) is 13.7 Å². The Morgan fingerprint density at radius 3 is 2.81 bits per heavy atom. The average Bonchev–Trinajstić information content (AvgIpc) is 3.35. The van der Waals surface area contributed by atoms with Gasteiger partial charge in [-0.3, -0.25) is 9.67 Å². The molecule has 6 heteroatoms. The number of rotatable bonds is 6. The summed E-state index contributed by atoms with van der Waals surface area (Å²) in [5.41, 5.74) is 3.03. The van der Waals surface area contributed by atoms with Gasteiger partial charge in [-0.05, 0) is 48.4 Å². The van der Waals surface area contributed by atoms with Crippen molar-refractivity contribution in [1.82, 2.24) is 14.8 Å². The number of nitrogens with zero attached hydrogens (tertiary/aromatic N) is 3. The largest absolute Gasteiger partial charge is 0.493 e. The highest BCUT2D eigenvalue weighted by molar-refractivity contribution is 5.63. The van der Waals surface area contributed by atoms with Crippen LogP contribution >= 0.6 is 0 Å². The second-order valence-corrected chi connectivity index (χ2v) is 6.18. The molecule has 4 rings (SSSR count). The second kappa shape index (κ2) is 7.58. The minimum Gasteiger partial charge on any atom is -0.493 e. The third-order valence-corrected chi connectivity index (χ3v) is 4.34. The van der Waals surface area contributed by atoms with Crippen LogP contribution in [0.1, 0.15) is 18.4 Å². The zero-order valence-corrected chi connectivity index (χ0v) is 14.7. The maximum Gasteiger partial charge on any atom is 0.200 e. The van der Waals surface area contributed by atoms with Crippen molar-refractivity contribution < 1.29 is 14.2 Å². The molecule has 0 unspecified atom stereocenters. The van der Waals surface area contributed by atoms with E-state index in [2.05, 4.69) is 10.1 Å². The summed E-state index contributed by atoms with van der Waals surface area (Å²) < 4.78 is 18.9. The Kier molecular flexibility index (Phi) is 4.84. The topological polar surface area (TPSA) is 58.4 Å². The third-order valence-electron chi connectivity index (χ3n) is 4.34. The quantitative estimate of drug-likeness (QED) is 0.680. The van der Waals surface area contributed by atoms with E-state index in [0.717, 1.165) is 36.3 Å². The normalized spacial score (nSPS) is 16.6. The van der Waals surface area contributed by atoms with Crippen LogP contribution < -0.4 is 9.47 Å². The summed E-state index contributed by atoms with van der Waals surface area (Å²) >= 11 is 0. The fourth-order valence-corrected chi connectivity index (χ4v) is 2.99. The minimum atomic E-state index is -0.205.